The van der Waals surface area contributed by atoms with Crippen molar-refractivity contribution in [3.8, 4) is 0 Å². The fourth-order valence-corrected chi connectivity index (χ4v) is 4.88. The van der Waals surface area contributed by atoms with Gasteiger partial charge in [-0.1, -0.05) is 23.7 Å². The van der Waals surface area contributed by atoms with Gasteiger partial charge >= 0.3 is 6.03 Å². The van der Waals surface area contributed by atoms with Crippen molar-refractivity contribution in [1.29, 1.82) is 0 Å². The Morgan fingerprint density at radius 3 is 2.59 bits per heavy atom. The fraction of sp³-hybridized carbons (Fsp3) is 0.480. The summed E-state index contributed by atoms with van der Waals surface area (Å²) >= 11 is 5.98. The summed E-state index contributed by atoms with van der Waals surface area (Å²) < 4.78 is 14.0. The van der Waals surface area contributed by atoms with Gasteiger partial charge < -0.3 is 26.0 Å². The zero-order chi connectivity index (χ0) is 24.1. The van der Waals surface area contributed by atoms with E-state index in [0.717, 1.165) is 37.5 Å². The van der Waals surface area contributed by atoms with E-state index in [2.05, 4.69) is 33.0 Å². The number of urea groups is 1. The van der Waals surface area contributed by atoms with Crippen LogP contribution < -0.4 is 20.9 Å². The van der Waals surface area contributed by atoms with Gasteiger partial charge in [0, 0.05) is 37.2 Å². The number of likely N-dealkylation sites (tertiary alicyclic amines) is 1. The lowest BCUT2D eigenvalue weighted by Crippen LogP contribution is -2.49. The van der Waals surface area contributed by atoms with Gasteiger partial charge in [0.25, 0.3) is 0 Å². The van der Waals surface area contributed by atoms with Crippen molar-refractivity contribution in [2.24, 2.45) is 0 Å². The van der Waals surface area contributed by atoms with E-state index in [9.17, 15) is 14.3 Å². The second-order valence-electron chi connectivity index (χ2n) is 9.07. The van der Waals surface area contributed by atoms with Crippen molar-refractivity contribution in [3.05, 3.63) is 58.9 Å². The maximum atomic E-state index is 14.0. The fourth-order valence-electron chi connectivity index (χ4n) is 4.75. The van der Waals surface area contributed by atoms with Crippen LogP contribution in [0.3, 0.4) is 0 Å². The van der Waals surface area contributed by atoms with Crippen molar-refractivity contribution >= 4 is 29.0 Å². The maximum Gasteiger partial charge on any atom is 0.319 e. The second kappa shape index (κ2) is 11.4. The molecule has 2 heterocycles. The zero-order valence-electron chi connectivity index (χ0n) is 19.4. The maximum absolute atomic E-state index is 14.0. The van der Waals surface area contributed by atoms with E-state index in [0.29, 0.717) is 37.1 Å². The molecule has 2 amide bonds. The lowest BCUT2D eigenvalue weighted by atomic mass is 10.0. The number of anilines is 2. The van der Waals surface area contributed by atoms with Crippen LogP contribution in [0.15, 0.2) is 42.5 Å². The summed E-state index contributed by atoms with van der Waals surface area (Å²) in [6.07, 6.45) is 1.43. The van der Waals surface area contributed by atoms with Gasteiger partial charge in [-0.25, -0.2) is 9.18 Å². The van der Waals surface area contributed by atoms with Gasteiger partial charge in [0.15, 0.2) is 0 Å². The number of β-amino-alcohol motifs (C(OH)–C–C–N with tert-alkyl or cyclic N) is 1. The molecule has 2 aromatic carbocycles. The molecule has 2 aromatic rings. The Kier molecular flexibility index (Phi) is 8.26. The first-order valence-electron chi connectivity index (χ1n) is 11.9. The molecule has 2 aliphatic heterocycles. The third kappa shape index (κ3) is 6.39. The quantitative estimate of drug-likeness (QED) is 0.479. The van der Waals surface area contributed by atoms with Gasteiger partial charge in [0.2, 0.25) is 0 Å². The highest BCUT2D eigenvalue weighted by atomic mass is 35.5. The molecule has 0 saturated carbocycles. The molecule has 2 atom stereocenters. The average molecular weight is 490 g/mol. The first kappa shape index (κ1) is 24.7. The van der Waals surface area contributed by atoms with Crippen LogP contribution in [0.1, 0.15) is 25.3 Å². The number of aliphatic hydroxyl groups excluding tert-OH is 1. The van der Waals surface area contributed by atoms with Crippen molar-refractivity contribution < 1.29 is 14.3 Å². The lowest BCUT2D eigenvalue weighted by Gasteiger charge is -2.34. The Morgan fingerprint density at radius 2 is 1.88 bits per heavy atom. The third-order valence-corrected chi connectivity index (χ3v) is 6.78. The van der Waals surface area contributed by atoms with Crippen LogP contribution in [0.2, 0.25) is 5.02 Å². The van der Waals surface area contributed by atoms with E-state index in [1.54, 1.807) is 6.07 Å². The molecule has 2 aliphatic rings. The van der Waals surface area contributed by atoms with Gasteiger partial charge in [-0.15, -0.1) is 0 Å². The second-order valence-corrected chi connectivity index (χ2v) is 9.50. The van der Waals surface area contributed by atoms with E-state index in [4.69, 9.17) is 11.6 Å². The molecule has 0 spiro atoms. The summed E-state index contributed by atoms with van der Waals surface area (Å²) in [5.41, 5.74) is 2.35. The number of carbonyl (C=O) groups excluding carboxylic acids is 1. The molecule has 2 fully saturated rings. The number of benzene rings is 2. The molecule has 4 N–H and O–H groups in total. The standard InChI is InChI=1S/C25H33ClFN5O2/c1-2-28-25(34)30-21-8-7-19(27)13-23(21)32-15-22(24(33)16-32)29-20-9-11-31(12-10-20)14-17-3-5-18(26)6-4-17/h3-8,13,20,22,24,29,33H,2,9-12,14-16H2,1H3,(H2,28,30,34)/t22?,24-/m1/s1. The summed E-state index contributed by atoms with van der Waals surface area (Å²) in [5, 5.41) is 20.6. The van der Waals surface area contributed by atoms with E-state index in [1.807, 2.05) is 24.0 Å². The molecule has 2 saturated heterocycles. The van der Waals surface area contributed by atoms with Crippen LogP contribution >= 0.6 is 11.6 Å². The van der Waals surface area contributed by atoms with E-state index in [-0.39, 0.29) is 17.9 Å². The monoisotopic (exact) mass is 489 g/mol. The van der Waals surface area contributed by atoms with E-state index < -0.39 is 6.10 Å². The third-order valence-electron chi connectivity index (χ3n) is 6.53. The number of rotatable bonds is 7. The normalized spacial score (nSPS) is 21.6. The SMILES string of the molecule is CCNC(=O)Nc1ccc(F)cc1N1CC(NC2CCN(Cc3ccc(Cl)cc3)CC2)[C@H](O)C1. The Bertz CT molecular complexity index is 968. The van der Waals surface area contributed by atoms with Gasteiger partial charge in [-0.2, -0.15) is 0 Å². The van der Waals surface area contributed by atoms with Gasteiger partial charge in [0.1, 0.15) is 5.82 Å². The predicted octanol–water partition coefficient (Wildman–Crippen LogP) is 3.42. The number of piperidine rings is 1. The first-order chi connectivity index (χ1) is 16.4. The molecule has 0 radical (unpaired) electrons. The van der Waals surface area contributed by atoms with Crippen molar-refractivity contribution in [1.82, 2.24) is 15.5 Å². The molecule has 184 valence electrons. The smallest absolute Gasteiger partial charge is 0.319 e. The summed E-state index contributed by atoms with van der Waals surface area (Å²) in [6.45, 7) is 6.12. The summed E-state index contributed by atoms with van der Waals surface area (Å²) in [5.74, 6) is -0.379. The van der Waals surface area contributed by atoms with Crippen LogP contribution in [0.5, 0.6) is 0 Å². The van der Waals surface area contributed by atoms with Crippen LogP contribution in [0, 0.1) is 5.82 Å². The molecule has 0 aliphatic carbocycles. The molecule has 7 nitrogen and oxygen atoms in total. The summed E-state index contributed by atoms with van der Waals surface area (Å²) in [4.78, 5) is 16.4. The van der Waals surface area contributed by atoms with Crippen LogP contribution in [0.25, 0.3) is 0 Å². The molecular formula is C25H33ClFN5O2. The Balaban J connectivity index is 1.31. The first-order valence-corrected chi connectivity index (χ1v) is 12.3. The minimum atomic E-state index is -0.576. The largest absolute Gasteiger partial charge is 0.390 e. The number of halogens is 2. The lowest BCUT2D eigenvalue weighted by molar-refractivity contribution is 0.136. The highest BCUT2D eigenvalue weighted by molar-refractivity contribution is 6.30. The van der Waals surface area contributed by atoms with Crippen molar-refractivity contribution in [2.45, 2.75) is 44.5 Å². The minimum Gasteiger partial charge on any atom is -0.390 e. The van der Waals surface area contributed by atoms with Crippen molar-refractivity contribution in [3.63, 3.8) is 0 Å². The van der Waals surface area contributed by atoms with Gasteiger partial charge in [-0.3, -0.25) is 4.90 Å². The van der Waals surface area contributed by atoms with Gasteiger partial charge in [-0.05, 0) is 68.8 Å². The number of hydrogen-bond acceptors (Lipinski definition) is 5. The average Bonchev–Trinajstić information content (AvgIpc) is 3.18. The van der Waals surface area contributed by atoms with E-state index in [1.165, 1.54) is 17.7 Å². The number of aliphatic hydroxyl groups is 1. The Hall–Kier alpha value is -2.39. The molecule has 0 aromatic heterocycles. The summed E-state index contributed by atoms with van der Waals surface area (Å²) in [7, 11) is 0. The van der Waals surface area contributed by atoms with E-state index >= 15 is 0 Å². The molecule has 4 rings (SSSR count). The topological polar surface area (TPSA) is 79.9 Å². The molecule has 34 heavy (non-hydrogen) atoms. The van der Waals surface area contributed by atoms with Crippen LogP contribution in [-0.2, 0) is 6.54 Å². The zero-order valence-corrected chi connectivity index (χ0v) is 20.2. The molecular weight excluding hydrogens is 457 g/mol. The van der Waals surface area contributed by atoms with Crippen molar-refractivity contribution in [2.75, 3.05) is 42.9 Å². The minimum absolute atomic E-state index is 0.117. The molecule has 1 unspecified atom stereocenters. The highest BCUT2D eigenvalue weighted by Crippen LogP contribution is 2.30. The Labute approximate surface area is 205 Å². The number of nitrogens with zero attached hydrogens (tertiary/aromatic N) is 2. The predicted molar refractivity (Wildman–Crippen MR) is 134 cm³/mol. The number of amides is 2. The Morgan fingerprint density at radius 1 is 1.15 bits per heavy atom. The highest BCUT2D eigenvalue weighted by Gasteiger charge is 2.34. The van der Waals surface area contributed by atoms with Crippen LogP contribution in [0.4, 0.5) is 20.6 Å². The number of nitrogens with one attached hydrogen (secondary N) is 3. The summed E-state index contributed by atoms with van der Waals surface area (Å²) in [6, 6.07) is 12.1. The number of carbonyl (C=O) groups is 1. The van der Waals surface area contributed by atoms with Gasteiger partial charge in [0.05, 0.1) is 23.5 Å². The molecule has 0 bridgehead atoms. The molecule has 9 heteroatoms. The van der Waals surface area contributed by atoms with Crippen LogP contribution in [-0.4, -0.2) is 66.9 Å². The number of hydrogen-bond donors (Lipinski definition) is 4.